The SMILES string of the molecule is O=C(CCCc1nc2ccccc2[nH]1)N1CCC(c2nc(C3CCOCC3)no2)C1. The van der Waals surface area contributed by atoms with Crippen LogP contribution in [0, 0.1) is 0 Å². The summed E-state index contributed by atoms with van der Waals surface area (Å²) in [5.41, 5.74) is 2.02. The lowest BCUT2D eigenvalue weighted by atomic mass is 10.00. The second-order valence-electron chi connectivity index (χ2n) is 8.26. The number of para-hydroxylation sites is 2. The van der Waals surface area contributed by atoms with Crippen LogP contribution in [0.4, 0.5) is 0 Å². The lowest BCUT2D eigenvalue weighted by molar-refractivity contribution is -0.130. The number of ether oxygens (including phenoxy) is 1. The van der Waals surface area contributed by atoms with Crippen LogP contribution >= 0.6 is 0 Å². The Morgan fingerprint density at radius 1 is 1.13 bits per heavy atom. The number of carbonyl (C=O) groups is 1. The number of imidazole rings is 1. The van der Waals surface area contributed by atoms with Gasteiger partial charge in [0.15, 0.2) is 5.82 Å². The first kappa shape index (κ1) is 19.2. The minimum absolute atomic E-state index is 0.144. The molecule has 0 spiro atoms. The summed E-state index contributed by atoms with van der Waals surface area (Å²) < 4.78 is 11.0. The molecule has 0 saturated carbocycles. The van der Waals surface area contributed by atoms with E-state index >= 15 is 0 Å². The Morgan fingerprint density at radius 2 is 2.00 bits per heavy atom. The zero-order valence-corrected chi connectivity index (χ0v) is 17.0. The number of H-pyrrole nitrogens is 1. The van der Waals surface area contributed by atoms with Crippen LogP contribution in [-0.4, -0.2) is 57.2 Å². The Morgan fingerprint density at radius 3 is 2.87 bits per heavy atom. The van der Waals surface area contributed by atoms with Crippen molar-refractivity contribution in [3.63, 3.8) is 0 Å². The first-order valence-corrected chi connectivity index (χ1v) is 10.9. The van der Waals surface area contributed by atoms with Gasteiger partial charge in [-0.3, -0.25) is 4.79 Å². The van der Waals surface area contributed by atoms with Gasteiger partial charge in [-0.15, -0.1) is 0 Å². The third-order valence-corrected chi connectivity index (χ3v) is 6.18. The molecule has 2 saturated heterocycles. The number of hydrogen-bond donors (Lipinski definition) is 1. The fraction of sp³-hybridized carbons (Fsp3) is 0.545. The van der Waals surface area contributed by atoms with E-state index in [0.29, 0.717) is 24.8 Å². The molecule has 0 aliphatic carbocycles. The van der Waals surface area contributed by atoms with Crippen molar-refractivity contribution in [3.05, 3.63) is 41.8 Å². The maximum atomic E-state index is 12.7. The van der Waals surface area contributed by atoms with Gasteiger partial charge in [0.2, 0.25) is 11.8 Å². The number of likely N-dealkylation sites (tertiary alicyclic amines) is 1. The number of amides is 1. The maximum absolute atomic E-state index is 12.7. The first-order valence-electron chi connectivity index (χ1n) is 10.9. The second kappa shape index (κ2) is 8.55. The summed E-state index contributed by atoms with van der Waals surface area (Å²) in [7, 11) is 0. The fourth-order valence-corrected chi connectivity index (χ4v) is 4.41. The molecule has 2 fully saturated rings. The van der Waals surface area contributed by atoms with Gasteiger partial charge >= 0.3 is 0 Å². The van der Waals surface area contributed by atoms with Gasteiger partial charge in [0.05, 0.1) is 17.0 Å². The predicted molar refractivity (Wildman–Crippen MR) is 110 cm³/mol. The molecule has 8 nitrogen and oxygen atoms in total. The number of nitrogens with one attached hydrogen (secondary N) is 1. The van der Waals surface area contributed by atoms with Crippen molar-refractivity contribution in [1.29, 1.82) is 0 Å². The summed E-state index contributed by atoms with van der Waals surface area (Å²) in [6.07, 6.45) is 4.86. The smallest absolute Gasteiger partial charge is 0.231 e. The van der Waals surface area contributed by atoms with Crippen LogP contribution in [0.5, 0.6) is 0 Å². The van der Waals surface area contributed by atoms with Crippen LogP contribution in [-0.2, 0) is 16.0 Å². The summed E-state index contributed by atoms with van der Waals surface area (Å²) in [5.74, 6) is 3.07. The number of fused-ring (bicyclic) bond motifs is 1. The van der Waals surface area contributed by atoms with Crippen molar-refractivity contribution in [1.82, 2.24) is 25.0 Å². The highest BCUT2D eigenvalue weighted by atomic mass is 16.5. The molecule has 30 heavy (non-hydrogen) atoms. The average molecular weight is 409 g/mol. The molecule has 5 rings (SSSR count). The Hall–Kier alpha value is -2.74. The van der Waals surface area contributed by atoms with Gasteiger partial charge in [-0.1, -0.05) is 17.3 Å². The summed E-state index contributed by atoms with van der Waals surface area (Å²) >= 11 is 0. The minimum atomic E-state index is 0.144. The lowest BCUT2D eigenvalue weighted by Crippen LogP contribution is -2.28. The third-order valence-electron chi connectivity index (χ3n) is 6.18. The van der Waals surface area contributed by atoms with Crippen molar-refractivity contribution in [2.75, 3.05) is 26.3 Å². The number of rotatable bonds is 6. The molecule has 4 heterocycles. The van der Waals surface area contributed by atoms with Crippen LogP contribution in [0.3, 0.4) is 0 Å². The molecule has 1 atom stereocenters. The van der Waals surface area contributed by atoms with E-state index in [2.05, 4.69) is 20.1 Å². The van der Waals surface area contributed by atoms with Crippen LogP contribution < -0.4 is 0 Å². The normalized spacial score (nSPS) is 20.3. The van der Waals surface area contributed by atoms with Gasteiger partial charge in [0.1, 0.15) is 5.82 Å². The number of aromatic nitrogens is 4. The molecular weight excluding hydrogens is 382 g/mol. The van der Waals surface area contributed by atoms with Crippen molar-refractivity contribution in [2.45, 2.75) is 50.4 Å². The molecule has 1 N–H and O–H groups in total. The number of aryl methyl sites for hydroxylation is 1. The molecule has 1 aromatic carbocycles. The second-order valence-corrected chi connectivity index (χ2v) is 8.26. The molecule has 2 aliphatic rings. The van der Waals surface area contributed by atoms with E-state index in [1.807, 2.05) is 29.2 Å². The number of nitrogens with zero attached hydrogens (tertiary/aromatic N) is 4. The summed E-state index contributed by atoms with van der Waals surface area (Å²) in [5, 5.41) is 4.20. The van der Waals surface area contributed by atoms with E-state index in [1.165, 1.54) is 0 Å². The van der Waals surface area contributed by atoms with Crippen molar-refractivity contribution >= 4 is 16.9 Å². The third kappa shape index (κ3) is 4.09. The van der Waals surface area contributed by atoms with Gasteiger partial charge in [-0.05, 0) is 37.8 Å². The Kier molecular flexibility index (Phi) is 5.48. The van der Waals surface area contributed by atoms with E-state index in [4.69, 9.17) is 9.26 Å². The van der Waals surface area contributed by atoms with Crippen LogP contribution in [0.1, 0.15) is 61.5 Å². The molecule has 0 radical (unpaired) electrons. The number of benzene rings is 1. The average Bonchev–Trinajstić information content (AvgIpc) is 3.52. The molecule has 2 aliphatic heterocycles. The quantitative estimate of drug-likeness (QED) is 0.672. The molecule has 0 bridgehead atoms. The van der Waals surface area contributed by atoms with Gasteiger partial charge in [0.25, 0.3) is 0 Å². The van der Waals surface area contributed by atoms with Crippen LogP contribution in [0.25, 0.3) is 11.0 Å². The van der Waals surface area contributed by atoms with Gasteiger partial charge < -0.3 is 19.1 Å². The lowest BCUT2D eigenvalue weighted by Gasteiger charge is -2.18. The molecular formula is C22H27N5O3. The van der Waals surface area contributed by atoms with E-state index < -0.39 is 0 Å². The fourth-order valence-electron chi connectivity index (χ4n) is 4.41. The number of aromatic amines is 1. The first-order chi connectivity index (χ1) is 14.8. The van der Waals surface area contributed by atoms with E-state index in [-0.39, 0.29) is 11.8 Å². The zero-order valence-electron chi connectivity index (χ0n) is 17.0. The molecule has 8 heteroatoms. The van der Waals surface area contributed by atoms with Crippen LogP contribution in [0.2, 0.25) is 0 Å². The zero-order chi connectivity index (χ0) is 20.3. The summed E-state index contributed by atoms with van der Waals surface area (Å²) in [6.45, 7) is 2.94. The topological polar surface area (TPSA) is 97.1 Å². The maximum Gasteiger partial charge on any atom is 0.231 e. The number of carbonyl (C=O) groups excluding carboxylic acids is 1. The monoisotopic (exact) mass is 409 g/mol. The van der Waals surface area contributed by atoms with Crippen molar-refractivity contribution < 1.29 is 14.1 Å². The molecule has 2 aromatic heterocycles. The standard InChI is InChI=1S/C22H27N5O3/c28-20(7-3-6-19-23-17-4-1-2-5-18(17)24-19)27-11-8-16(14-27)22-25-21(26-30-22)15-9-12-29-13-10-15/h1-2,4-5,15-16H,3,6-14H2,(H,23,24). The van der Waals surface area contributed by atoms with E-state index in [9.17, 15) is 4.79 Å². The highest BCUT2D eigenvalue weighted by molar-refractivity contribution is 5.77. The summed E-state index contributed by atoms with van der Waals surface area (Å²) in [4.78, 5) is 27.1. The van der Waals surface area contributed by atoms with Crippen molar-refractivity contribution in [2.24, 2.45) is 0 Å². The van der Waals surface area contributed by atoms with Gasteiger partial charge in [0, 0.05) is 45.1 Å². The van der Waals surface area contributed by atoms with Crippen molar-refractivity contribution in [3.8, 4) is 0 Å². The van der Waals surface area contributed by atoms with Gasteiger partial charge in [-0.2, -0.15) is 4.98 Å². The van der Waals surface area contributed by atoms with E-state index in [0.717, 1.165) is 74.5 Å². The number of hydrogen-bond acceptors (Lipinski definition) is 6. The van der Waals surface area contributed by atoms with Gasteiger partial charge in [-0.25, -0.2) is 4.98 Å². The molecule has 1 unspecified atom stereocenters. The predicted octanol–water partition coefficient (Wildman–Crippen LogP) is 3.18. The van der Waals surface area contributed by atoms with Crippen LogP contribution in [0.15, 0.2) is 28.8 Å². The Bertz CT molecular complexity index is 974. The Labute approximate surface area is 175 Å². The van der Waals surface area contributed by atoms with E-state index in [1.54, 1.807) is 0 Å². The molecule has 3 aromatic rings. The molecule has 1 amide bonds. The summed E-state index contributed by atoms with van der Waals surface area (Å²) in [6, 6.07) is 7.99. The minimum Gasteiger partial charge on any atom is -0.381 e. The molecule has 158 valence electrons. The largest absolute Gasteiger partial charge is 0.381 e. The Balaban J connectivity index is 1.11. The highest BCUT2D eigenvalue weighted by Crippen LogP contribution is 2.30. The highest BCUT2D eigenvalue weighted by Gasteiger charge is 2.32.